The van der Waals surface area contributed by atoms with Crippen LogP contribution < -0.4 is 0 Å². The number of hydrogen-bond acceptors (Lipinski definition) is 2. The Hall–Kier alpha value is -2.95. The van der Waals surface area contributed by atoms with Crippen molar-refractivity contribution in [1.29, 1.82) is 0 Å². The van der Waals surface area contributed by atoms with Crippen LogP contribution in [0.2, 0.25) is 0 Å². The average molecular weight is 360 g/mol. The molecular formula is C22H16O3S. The molecule has 0 bridgehead atoms. The number of rotatable bonds is 3. The van der Waals surface area contributed by atoms with Crippen molar-refractivity contribution in [3.63, 3.8) is 0 Å². The van der Waals surface area contributed by atoms with Crippen LogP contribution in [0, 0.1) is 0 Å². The third kappa shape index (κ3) is 2.90. The van der Waals surface area contributed by atoms with Gasteiger partial charge < -0.3 is 0 Å². The molecule has 0 amide bonds. The molecule has 26 heavy (non-hydrogen) atoms. The highest BCUT2D eigenvalue weighted by atomic mass is 32.2. The lowest BCUT2D eigenvalue weighted by molar-refractivity contribution is 0.484. The lowest BCUT2D eigenvalue weighted by Gasteiger charge is -2.17. The van der Waals surface area contributed by atoms with Gasteiger partial charge in [0.2, 0.25) is 0 Å². The van der Waals surface area contributed by atoms with Crippen LogP contribution in [-0.4, -0.2) is 13.0 Å². The lowest BCUT2D eigenvalue weighted by Crippen LogP contribution is -2.04. The van der Waals surface area contributed by atoms with Crippen molar-refractivity contribution in [2.24, 2.45) is 0 Å². The zero-order valence-electron chi connectivity index (χ0n) is 13.8. The van der Waals surface area contributed by atoms with E-state index in [9.17, 15) is 13.0 Å². The normalized spacial score (nSPS) is 11.6. The summed E-state index contributed by atoms with van der Waals surface area (Å²) in [5.74, 6) is 0. The Kier molecular flexibility index (Phi) is 4.07. The molecule has 0 saturated heterocycles. The monoisotopic (exact) mass is 360 g/mol. The van der Waals surface area contributed by atoms with Crippen molar-refractivity contribution in [3.05, 3.63) is 91.0 Å². The van der Waals surface area contributed by atoms with E-state index < -0.39 is 10.1 Å². The van der Waals surface area contributed by atoms with Crippen molar-refractivity contribution in [3.8, 4) is 22.3 Å². The van der Waals surface area contributed by atoms with Gasteiger partial charge in [-0.2, -0.15) is 8.42 Å². The van der Waals surface area contributed by atoms with Crippen LogP contribution in [0.15, 0.2) is 95.9 Å². The van der Waals surface area contributed by atoms with Crippen molar-refractivity contribution >= 4 is 20.9 Å². The minimum Gasteiger partial charge on any atom is -0.282 e. The molecule has 0 fully saturated rings. The summed E-state index contributed by atoms with van der Waals surface area (Å²) in [4.78, 5) is -0.0550. The van der Waals surface area contributed by atoms with Gasteiger partial charge in [-0.25, -0.2) is 0 Å². The summed E-state index contributed by atoms with van der Waals surface area (Å²) in [6, 6.07) is 28.1. The molecule has 4 rings (SSSR count). The van der Waals surface area contributed by atoms with E-state index in [2.05, 4.69) is 0 Å². The Morgan fingerprint density at radius 1 is 0.654 bits per heavy atom. The average Bonchev–Trinajstić information content (AvgIpc) is 2.67. The molecule has 0 aliphatic carbocycles. The van der Waals surface area contributed by atoms with Gasteiger partial charge in [0.1, 0.15) is 4.90 Å². The first-order valence-corrected chi connectivity index (χ1v) is 9.64. The van der Waals surface area contributed by atoms with Crippen molar-refractivity contribution in [2.75, 3.05) is 0 Å². The molecule has 0 saturated carbocycles. The van der Waals surface area contributed by atoms with Crippen LogP contribution in [0.1, 0.15) is 0 Å². The van der Waals surface area contributed by atoms with Gasteiger partial charge in [-0.05, 0) is 28.1 Å². The molecule has 0 unspecified atom stereocenters. The SMILES string of the molecule is O=S(=O)(O)c1c(-c2ccccc2)c(-c2ccccc2)cc2ccccc12. The quantitative estimate of drug-likeness (QED) is 0.496. The first-order valence-electron chi connectivity index (χ1n) is 8.20. The number of fused-ring (bicyclic) bond motifs is 1. The largest absolute Gasteiger partial charge is 0.295 e. The molecule has 0 spiro atoms. The minimum atomic E-state index is -4.44. The summed E-state index contributed by atoms with van der Waals surface area (Å²) in [5, 5.41) is 1.27. The van der Waals surface area contributed by atoms with Crippen LogP contribution in [0.4, 0.5) is 0 Å². The summed E-state index contributed by atoms with van der Waals surface area (Å²) >= 11 is 0. The molecule has 3 nitrogen and oxygen atoms in total. The van der Waals surface area contributed by atoms with Gasteiger partial charge in [0, 0.05) is 10.9 Å². The minimum absolute atomic E-state index is 0.0550. The topological polar surface area (TPSA) is 54.4 Å². The Labute approximate surface area is 152 Å². The third-order valence-corrected chi connectivity index (χ3v) is 5.35. The second-order valence-electron chi connectivity index (χ2n) is 6.06. The second-order valence-corrected chi connectivity index (χ2v) is 7.41. The first kappa shape index (κ1) is 16.5. The maximum atomic E-state index is 12.4. The Morgan fingerprint density at radius 2 is 1.19 bits per heavy atom. The highest BCUT2D eigenvalue weighted by Crippen LogP contribution is 2.41. The van der Waals surface area contributed by atoms with E-state index in [-0.39, 0.29) is 4.90 Å². The van der Waals surface area contributed by atoms with Gasteiger partial charge in [-0.3, -0.25) is 4.55 Å². The zero-order chi connectivity index (χ0) is 18.1. The van der Waals surface area contributed by atoms with Crippen molar-refractivity contribution < 1.29 is 13.0 Å². The third-order valence-electron chi connectivity index (χ3n) is 4.41. The van der Waals surface area contributed by atoms with E-state index in [1.807, 2.05) is 78.9 Å². The summed E-state index contributed by atoms with van der Waals surface area (Å²) < 4.78 is 34.8. The van der Waals surface area contributed by atoms with Crippen LogP contribution >= 0.6 is 0 Å². The maximum Gasteiger partial charge on any atom is 0.295 e. The summed E-state index contributed by atoms with van der Waals surface area (Å²) in [6.45, 7) is 0. The summed E-state index contributed by atoms with van der Waals surface area (Å²) in [6.07, 6.45) is 0. The van der Waals surface area contributed by atoms with Gasteiger partial charge in [0.05, 0.1) is 0 Å². The van der Waals surface area contributed by atoms with Crippen molar-refractivity contribution in [2.45, 2.75) is 4.90 Å². The molecule has 0 aliphatic rings. The molecule has 4 aromatic carbocycles. The Bertz CT molecular complexity index is 1180. The maximum absolute atomic E-state index is 12.4. The molecule has 4 aromatic rings. The van der Waals surface area contributed by atoms with E-state index in [1.165, 1.54) is 0 Å². The number of hydrogen-bond donors (Lipinski definition) is 1. The molecule has 1 N–H and O–H groups in total. The fraction of sp³-hybridized carbons (Fsp3) is 0. The van der Waals surface area contributed by atoms with E-state index in [0.29, 0.717) is 10.9 Å². The highest BCUT2D eigenvalue weighted by Gasteiger charge is 2.24. The van der Waals surface area contributed by atoms with Crippen LogP contribution in [0.5, 0.6) is 0 Å². The number of benzene rings is 4. The van der Waals surface area contributed by atoms with E-state index in [0.717, 1.165) is 22.1 Å². The fourth-order valence-electron chi connectivity index (χ4n) is 3.32. The first-order chi connectivity index (χ1) is 12.6. The fourth-order valence-corrected chi connectivity index (χ4v) is 4.27. The molecule has 0 atom stereocenters. The van der Waals surface area contributed by atoms with Crippen LogP contribution in [0.3, 0.4) is 0 Å². The molecule has 0 aliphatic heterocycles. The van der Waals surface area contributed by atoms with Crippen LogP contribution in [-0.2, 0) is 10.1 Å². The molecule has 0 heterocycles. The van der Waals surface area contributed by atoms with E-state index in [4.69, 9.17) is 0 Å². The Morgan fingerprint density at radius 3 is 1.81 bits per heavy atom. The standard InChI is InChI=1S/C22H16O3S/c23-26(24,25)22-19-14-8-7-13-18(19)15-20(16-9-3-1-4-10-16)21(22)17-11-5-2-6-12-17/h1-15H,(H,23,24,25). The van der Waals surface area contributed by atoms with Gasteiger partial charge in [0.25, 0.3) is 10.1 Å². The van der Waals surface area contributed by atoms with Gasteiger partial charge in [0.15, 0.2) is 0 Å². The molecular weight excluding hydrogens is 344 g/mol. The molecule has 4 heteroatoms. The smallest absolute Gasteiger partial charge is 0.282 e. The van der Waals surface area contributed by atoms with E-state index in [1.54, 1.807) is 12.1 Å². The van der Waals surface area contributed by atoms with E-state index >= 15 is 0 Å². The lowest BCUT2D eigenvalue weighted by atomic mass is 9.91. The molecule has 0 radical (unpaired) electrons. The molecule has 128 valence electrons. The summed E-state index contributed by atoms with van der Waals surface area (Å²) in [7, 11) is -4.44. The Balaban J connectivity index is 2.24. The van der Waals surface area contributed by atoms with Crippen molar-refractivity contribution in [1.82, 2.24) is 0 Å². The zero-order valence-corrected chi connectivity index (χ0v) is 14.6. The summed E-state index contributed by atoms with van der Waals surface area (Å²) in [5.41, 5.74) is 2.91. The highest BCUT2D eigenvalue weighted by molar-refractivity contribution is 7.86. The predicted octanol–water partition coefficient (Wildman–Crippen LogP) is 5.42. The van der Waals surface area contributed by atoms with Gasteiger partial charge in [-0.1, -0.05) is 84.9 Å². The second kappa shape index (κ2) is 6.41. The molecule has 0 aromatic heterocycles. The van der Waals surface area contributed by atoms with Gasteiger partial charge >= 0.3 is 0 Å². The van der Waals surface area contributed by atoms with Crippen LogP contribution in [0.25, 0.3) is 33.0 Å². The van der Waals surface area contributed by atoms with Gasteiger partial charge in [-0.15, -0.1) is 0 Å². The predicted molar refractivity (Wildman–Crippen MR) is 105 cm³/mol.